The van der Waals surface area contributed by atoms with Crippen molar-refractivity contribution in [2.45, 2.75) is 315 Å². The average Bonchev–Trinajstić information content (AvgIpc) is 3.50. The van der Waals surface area contributed by atoms with Crippen molar-refractivity contribution in [1.82, 2.24) is 5.32 Å². The van der Waals surface area contributed by atoms with Crippen LogP contribution in [-0.2, 0) is 27.9 Å². The number of rotatable bonds is 63. The van der Waals surface area contributed by atoms with Crippen molar-refractivity contribution in [3.05, 3.63) is 109 Å². The first-order chi connectivity index (χ1) is 41.4. The average molecular weight is 1210 g/mol. The van der Waals surface area contributed by atoms with Gasteiger partial charge in [0, 0.05) is 12.8 Å². The number of nitrogens with zero attached hydrogens (tertiary/aromatic N) is 1. The van der Waals surface area contributed by atoms with Gasteiger partial charge in [-0.3, -0.25) is 18.6 Å². The highest BCUT2D eigenvalue weighted by atomic mass is 31.2. The third-order valence-electron chi connectivity index (χ3n) is 15.2. The number of ether oxygens (including phenoxy) is 1. The summed E-state index contributed by atoms with van der Waals surface area (Å²) in [5.74, 6) is -0.553. The summed E-state index contributed by atoms with van der Waals surface area (Å²) < 4.78 is 30.8. The van der Waals surface area contributed by atoms with Crippen LogP contribution in [0.25, 0.3) is 0 Å². The highest BCUT2D eigenvalue weighted by molar-refractivity contribution is 7.47. The number of amides is 1. The molecule has 0 aliphatic heterocycles. The summed E-state index contributed by atoms with van der Waals surface area (Å²) in [7, 11) is 1.46. The number of hydrogen-bond acceptors (Lipinski definition) is 6. The van der Waals surface area contributed by atoms with Crippen LogP contribution in [0.3, 0.4) is 0 Å². The molecule has 0 aliphatic carbocycles. The van der Waals surface area contributed by atoms with Crippen molar-refractivity contribution in [3.63, 3.8) is 0 Å². The molecule has 0 bridgehead atoms. The van der Waals surface area contributed by atoms with Gasteiger partial charge in [-0.05, 0) is 115 Å². The Kier molecular flexibility index (Phi) is 61.2. The standard InChI is InChI=1S/C75H133N2O7P/c1-7-10-13-16-19-22-25-28-30-32-34-36-37-38-39-41-43-45-47-50-53-56-59-62-65-68-75(79)84-73(66-63-60-57-54-51-48-27-24-21-18-15-12-9-3)72(71-83-85(80,81)82-70-69-77(4,5)6)76-74(78)67-64-61-58-55-52-49-46-44-42-40-35-33-31-29-26-23-20-17-14-11-8-2/h11,14,19-20,22-23,28-31,35,40,44,46,52,55,63,66,72-73H,7-10,12-13,15-18,21,24-27,32-34,36-39,41-43,45,47-51,53-54,56-62,64-65,67-71H2,1-6H3,(H-,76,78,80,81)/p+1/b14-11-,22-19-,23-20-,30-28-,31-29-,40-35-,46-44-,55-52-,66-63+. The van der Waals surface area contributed by atoms with E-state index in [1.165, 1.54) is 167 Å². The molecule has 0 saturated carbocycles. The molecule has 490 valence electrons. The summed E-state index contributed by atoms with van der Waals surface area (Å²) in [6.45, 7) is 6.86. The number of nitrogens with one attached hydrogen (secondary N) is 1. The number of carbonyl (C=O) groups is 2. The summed E-state index contributed by atoms with van der Waals surface area (Å²) >= 11 is 0. The molecule has 0 spiro atoms. The fourth-order valence-electron chi connectivity index (χ4n) is 9.80. The maximum atomic E-state index is 13.6. The Morgan fingerprint density at radius 2 is 0.753 bits per heavy atom. The first-order valence-electron chi connectivity index (χ1n) is 35.2. The van der Waals surface area contributed by atoms with E-state index in [0.717, 1.165) is 96.3 Å². The Bertz CT molecular complexity index is 1820. The van der Waals surface area contributed by atoms with Crippen molar-refractivity contribution in [2.75, 3.05) is 40.9 Å². The Balaban J connectivity index is 5.18. The molecule has 9 nitrogen and oxygen atoms in total. The summed E-state index contributed by atoms with van der Waals surface area (Å²) in [6.07, 6.45) is 88.2. The number of carbonyl (C=O) groups excluding carboxylic acids is 2. The highest BCUT2D eigenvalue weighted by Crippen LogP contribution is 2.43. The molecule has 0 aliphatic rings. The predicted molar refractivity (Wildman–Crippen MR) is 369 cm³/mol. The molecule has 85 heavy (non-hydrogen) atoms. The Morgan fingerprint density at radius 3 is 1.16 bits per heavy atom. The van der Waals surface area contributed by atoms with Gasteiger partial charge in [-0.15, -0.1) is 0 Å². The SMILES string of the molecule is CC/C=C\C/C=C\C/C=C\C/C=C\C/C=C\C/C=C\CCCCC(=O)NC(COP(=O)(O)OCC[N+](C)(C)C)C(/C=C/CCCCCCCCCCCCC)OC(=O)CCCCCCCCCCCCCCCCC/C=C\C/C=C\CCCCC. The second-order valence-electron chi connectivity index (χ2n) is 24.7. The van der Waals surface area contributed by atoms with Crippen LogP contribution in [0.2, 0.25) is 0 Å². The Labute approximate surface area is 525 Å². The lowest BCUT2D eigenvalue weighted by atomic mass is 10.0. The lowest BCUT2D eigenvalue weighted by molar-refractivity contribution is -0.870. The summed E-state index contributed by atoms with van der Waals surface area (Å²) in [6, 6.07) is -0.879. The molecule has 0 aromatic rings. The van der Waals surface area contributed by atoms with E-state index in [2.05, 4.69) is 123 Å². The Morgan fingerprint density at radius 1 is 0.424 bits per heavy atom. The fraction of sp³-hybridized carbons (Fsp3) is 0.733. The highest BCUT2D eigenvalue weighted by Gasteiger charge is 2.30. The van der Waals surface area contributed by atoms with Gasteiger partial charge in [-0.25, -0.2) is 4.57 Å². The minimum absolute atomic E-state index is 0.0273. The number of esters is 1. The number of allylic oxidation sites excluding steroid dienone is 17. The molecule has 3 atom stereocenters. The monoisotopic (exact) mass is 1210 g/mol. The molecule has 3 unspecified atom stereocenters. The minimum atomic E-state index is -4.47. The van der Waals surface area contributed by atoms with Crippen LogP contribution in [0, 0.1) is 0 Å². The molecule has 0 rings (SSSR count). The number of phosphoric acid groups is 1. The number of quaternary nitrogens is 1. The van der Waals surface area contributed by atoms with Crippen LogP contribution in [0.5, 0.6) is 0 Å². The third kappa shape index (κ3) is 65.0. The van der Waals surface area contributed by atoms with E-state index in [4.69, 9.17) is 13.8 Å². The number of hydrogen-bond donors (Lipinski definition) is 2. The van der Waals surface area contributed by atoms with Crippen molar-refractivity contribution >= 4 is 19.7 Å². The van der Waals surface area contributed by atoms with Gasteiger partial charge in [0.05, 0.1) is 33.8 Å². The molecule has 0 aromatic heterocycles. The maximum Gasteiger partial charge on any atom is 0.472 e. The van der Waals surface area contributed by atoms with Gasteiger partial charge in [0.1, 0.15) is 19.3 Å². The van der Waals surface area contributed by atoms with Gasteiger partial charge in [0.25, 0.3) is 0 Å². The van der Waals surface area contributed by atoms with Gasteiger partial charge in [-0.2, -0.15) is 0 Å². The van der Waals surface area contributed by atoms with Crippen molar-refractivity contribution < 1.29 is 37.3 Å². The third-order valence-corrected chi connectivity index (χ3v) is 16.2. The largest absolute Gasteiger partial charge is 0.472 e. The van der Waals surface area contributed by atoms with Crippen LogP contribution in [0.4, 0.5) is 0 Å². The van der Waals surface area contributed by atoms with Crippen molar-refractivity contribution in [3.8, 4) is 0 Å². The normalized spacial score (nSPS) is 14.2. The second-order valence-corrected chi connectivity index (χ2v) is 26.1. The number of phosphoric ester groups is 1. The van der Waals surface area contributed by atoms with E-state index >= 15 is 0 Å². The first-order valence-corrected chi connectivity index (χ1v) is 36.7. The fourth-order valence-corrected chi connectivity index (χ4v) is 10.5. The van der Waals surface area contributed by atoms with Gasteiger partial charge in [-0.1, -0.05) is 285 Å². The molecule has 0 radical (unpaired) electrons. The van der Waals surface area contributed by atoms with Crippen LogP contribution < -0.4 is 5.32 Å². The molecule has 0 heterocycles. The quantitative estimate of drug-likeness (QED) is 0.0205. The maximum absolute atomic E-state index is 13.6. The van der Waals surface area contributed by atoms with Gasteiger partial charge < -0.3 is 19.4 Å². The molecule has 10 heteroatoms. The van der Waals surface area contributed by atoms with Crippen LogP contribution in [0.15, 0.2) is 109 Å². The molecule has 0 aromatic carbocycles. The van der Waals surface area contributed by atoms with E-state index in [-0.39, 0.29) is 37.9 Å². The minimum Gasteiger partial charge on any atom is -0.456 e. The van der Waals surface area contributed by atoms with Crippen LogP contribution in [-0.4, -0.2) is 74.3 Å². The van der Waals surface area contributed by atoms with E-state index < -0.39 is 20.0 Å². The molecule has 1 amide bonds. The topological polar surface area (TPSA) is 111 Å². The van der Waals surface area contributed by atoms with Gasteiger partial charge in [0.15, 0.2) is 0 Å². The summed E-state index contributed by atoms with van der Waals surface area (Å²) in [4.78, 5) is 37.9. The van der Waals surface area contributed by atoms with Gasteiger partial charge in [0.2, 0.25) is 5.91 Å². The first kappa shape index (κ1) is 81.7. The van der Waals surface area contributed by atoms with Gasteiger partial charge >= 0.3 is 13.8 Å². The molecule has 0 saturated heterocycles. The van der Waals surface area contributed by atoms with E-state index in [9.17, 15) is 19.0 Å². The number of unbranched alkanes of at least 4 members (excludes halogenated alkanes) is 31. The second kappa shape index (κ2) is 63.7. The summed E-state index contributed by atoms with van der Waals surface area (Å²) in [5, 5.41) is 3.04. The van der Waals surface area contributed by atoms with Crippen LogP contribution in [0.1, 0.15) is 303 Å². The summed E-state index contributed by atoms with van der Waals surface area (Å²) in [5.41, 5.74) is 0. The zero-order valence-electron chi connectivity index (χ0n) is 56.1. The lowest BCUT2D eigenvalue weighted by Gasteiger charge is -2.27. The van der Waals surface area contributed by atoms with Crippen molar-refractivity contribution in [1.29, 1.82) is 0 Å². The molecule has 2 N–H and O–H groups in total. The molecular weight excluding hydrogens is 1070 g/mol. The predicted octanol–water partition coefficient (Wildman–Crippen LogP) is 22.5. The zero-order chi connectivity index (χ0) is 62.1. The Hall–Kier alpha value is -3.33. The van der Waals surface area contributed by atoms with Crippen molar-refractivity contribution in [2.24, 2.45) is 0 Å². The van der Waals surface area contributed by atoms with E-state index in [1.54, 1.807) is 0 Å². The molecular formula is C75H134N2O7P+. The zero-order valence-corrected chi connectivity index (χ0v) is 57.0. The smallest absolute Gasteiger partial charge is 0.456 e. The van der Waals surface area contributed by atoms with E-state index in [1.807, 2.05) is 33.3 Å². The van der Waals surface area contributed by atoms with E-state index in [0.29, 0.717) is 17.4 Å². The number of likely N-dealkylation sites (N-methyl/N-ethyl adjacent to an activating group) is 1. The molecule has 0 fully saturated rings. The van der Waals surface area contributed by atoms with Crippen LogP contribution >= 0.6 is 7.82 Å². The lowest BCUT2D eigenvalue weighted by Crippen LogP contribution is -2.47.